The summed E-state index contributed by atoms with van der Waals surface area (Å²) in [6.07, 6.45) is 7.40. The molecular weight excluding hydrogens is 512 g/mol. The Kier molecular flexibility index (Phi) is 10.0. The van der Waals surface area contributed by atoms with Gasteiger partial charge in [0, 0.05) is 42.4 Å². The van der Waals surface area contributed by atoms with E-state index in [0.717, 1.165) is 72.6 Å². The number of carbonyl (C=O) groups is 1. The molecule has 8 heteroatoms. The molecule has 1 saturated carbocycles. The highest BCUT2D eigenvalue weighted by Crippen LogP contribution is 2.32. The Bertz CT molecular complexity index is 1410. The number of hydrogen-bond acceptors (Lipinski definition) is 4. The van der Waals surface area contributed by atoms with Crippen molar-refractivity contribution >= 4 is 28.6 Å². The van der Waals surface area contributed by atoms with Gasteiger partial charge in [-0.05, 0) is 55.7 Å². The standard InChI is InChI=1S/C33H40N6O2/c1-2-34-33(37-19-24-9-5-3-6-10-24)38-20-25-13-15-27(16-14-25)32(40)39-30-28(21-36-31-29(30)17-18-35-31)23-41-22-26-11-7-4-8-12-26/h3-12,17-18,21,25,27H,2,13-16,19-20,22-23H2,1H3,(H2,34,37,38)(H2,35,36,39,40)/t25-,27-. The Labute approximate surface area is 242 Å². The van der Waals surface area contributed by atoms with Gasteiger partial charge in [0.25, 0.3) is 0 Å². The zero-order valence-electron chi connectivity index (χ0n) is 23.7. The summed E-state index contributed by atoms with van der Waals surface area (Å²) < 4.78 is 6.00. The van der Waals surface area contributed by atoms with Gasteiger partial charge in [-0.3, -0.25) is 4.79 Å². The third-order valence-electron chi connectivity index (χ3n) is 7.66. The number of fused-ring (bicyclic) bond motifs is 1. The molecule has 214 valence electrons. The molecule has 1 amide bonds. The maximum atomic E-state index is 13.4. The molecule has 41 heavy (non-hydrogen) atoms. The first-order valence-electron chi connectivity index (χ1n) is 14.6. The number of carbonyl (C=O) groups excluding carboxylic acids is 1. The van der Waals surface area contributed by atoms with Crippen LogP contribution in [0.1, 0.15) is 49.3 Å². The van der Waals surface area contributed by atoms with Crippen molar-refractivity contribution in [1.82, 2.24) is 20.6 Å². The fraction of sp³-hybridized carbons (Fsp3) is 0.364. The van der Waals surface area contributed by atoms with Gasteiger partial charge in [0.1, 0.15) is 5.65 Å². The molecule has 0 atom stereocenters. The smallest absolute Gasteiger partial charge is 0.227 e. The summed E-state index contributed by atoms with van der Waals surface area (Å²) in [6.45, 7) is 5.27. The SMILES string of the molecule is CCNC(=NCc1ccccc1)NC[C@H]1CC[C@H](C(=O)Nc2c(COCc3ccccc3)cnc3[nH]ccc23)CC1. The van der Waals surface area contributed by atoms with Crippen LogP contribution in [-0.2, 0) is 29.3 Å². The van der Waals surface area contributed by atoms with Gasteiger partial charge in [-0.25, -0.2) is 9.98 Å². The van der Waals surface area contributed by atoms with Crippen LogP contribution in [0.3, 0.4) is 0 Å². The first-order valence-corrected chi connectivity index (χ1v) is 14.6. The molecule has 0 aliphatic heterocycles. The van der Waals surface area contributed by atoms with Gasteiger partial charge in [0.2, 0.25) is 5.91 Å². The lowest BCUT2D eigenvalue weighted by molar-refractivity contribution is -0.121. The fourth-order valence-electron chi connectivity index (χ4n) is 5.35. The second-order valence-corrected chi connectivity index (χ2v) is 10.6. The molecule has 2 aromatic heterocycles. The summed E-state index contributed by atoms with van der Waals surface area (Å²) in [5.41, 5.74) is 4.73. The van der Waals surface area contributed by atoms with Crippen LogP contribution in [-0.4, -0.2) is 34.9 Å². The molecule has 1 aliphatic rings. The molecule has 5 rings (SSSR count). The van der Waals surface area contributed by atoms with Gasteiger partial charge < -0.3 is 25.7 Å². The number of guanidine groups is 1. The van der Waals surface area contributed by atoms with Crippen LogP contribution in [0.2, 0.25) is 0 Å². The molecule has 4 N–H and O–H groups in total. The average Bonchev–Trinajstić information content (AvgIpc) is 3.50. The number of amides is 1. The number of nitrogens with zero attached hydrogens (tertiary/aromatic N) is 2. The van der Waals surface area contributed by atoms with E-state index in [4.69, 9.17) is 9.73 Å². The molecule has 1 aliphatic carbocycles. The van der Waals surface area contributed by atoms with Gasteiger partial charge in [0.15, 0.2) is 5.96 Å². The molecule has 0 radical (unpaired) electrons. The zero-order valence-corrected chi connectivity index (χ0v) is 23.7. The lowest BCUT2D eigenvalue weighted by Gasteiger charge is -2.28. The molecule has 0 spiro atoms. The minimum absolute atomic E-state index is 0.00789. The Morgan fingerprint density at radius 1 is 0.951 bits per heavy atom. The number of aromatic nitrogens is 2. The molecule has 2 heterocycles. The minimum Gasteiger partial charge on any atom is -0.372 e. The van der Waals surface area contributed by atoms with Gasteiger partial charge in [-0.15, -0.1) is 0 Å². The summed E-state index contributed by atoms with van der Waals surface area (Å²) in [7, 11) is 0. The predicted octanol–water partition coefficient (Wildman–Crippen LogP) is 5.78. The van der Waals surface area contributed by atoms with Crippen molar-refractivity contribution in [2.24, 2.45) is 16.8 Å². The van der Waals surface area contributed by atoms with E-state index in [0.29, 0.717) is 25.7 Å². The summed E-state index contributed by atoms with van der Waals surface area (Å²) >= 11 is 0. The number of rotatable bonds is 11. The molecule has 4 aromatic rings. The number of aliphatic imine (C=N–C) groups is 1. The molecule has 0 bridgehead atoms. The molecule has 0 saturated heterocycles. The second kappa shape index (κ2) is 14.5. The van der Waals surface area contributed by atoms with Crippen molar-refractivity contribution in [3.63, 3.8) is 0 Å². The van der Waals surface area contributed by atoms with Crippen LogP contribution >= 0.6 is 0 Å². The third kappa shape index (κ3) is 7.95. The van der Waals surface area contributed by atoms with E-state index in [1.165, 1.54) is 5.56 Å². The summed E-state index contributed by atoms with van der Waals surface area (Å²) in [6, 6.07) is 22.3. The van der Waals surface area contributed by atoms with Crippen LogP contribution in [0.5, 0.6) is 0 Å². The van der Waals surface area contributed by atoms with E-state index in [9.17, 15) is 4.79 Å². The number of hydrogen-bond donors (Lipinski definition) is 4. The molecule has 2 aromatic carbocycles. The summed E-state index contributed by atoms with van der Waals surface area (Å²) in [5.74, 6) is 1.42. The van der Waals surface area contributed by atoms with Crippen LogP contribution < -0.4 is 16.0 Å². The lowest BCUT2D eigenvalue weighted by atomic mass is 9.81. The first kappa shape index (κ1) is 28.4. The van der Waals surface area contributed by atoms with E-state index >= 15 is 0 Å². The average molecular weight is 553 g/mol. The fourth-order valence-corrected chi connectivity index (χ4v) is 5.35. The zero-order chi connectivity index (χ0) is 28.3. The number of H-pyrrole nitrogens is 1. The van der Waals surface area contributed by atoms with Crippen molar-refractivity contribution < 1.29 is 9.53 Å². The Balaban J connectivity index is 1.14. The van der Waals surface area contributed by atoms with Gasteiger partial charge in [-0.1, -0.05) is 60.7 Å². The molecular formula is C33H40N6O2. The second-order valence-electron chi connectivity index (χ2n) is 10.6. The van der Waals surface area contributed by atoms with Crippen LogP contribution in [0.4, 0.5) is 5.69 Å². The van der Waals surface area contributed by atoms with E-state index in [1.54, 1.807) is 6.20 Å². The normalized spacial score (nSPS) is 17.3. The Morgan fingerprint density at radius 2 is 1.68 bits per heavy atom. The van der Waals surface area contributed by atoms with E-state index in [2.05, 4.69) is 45.0 Å². The van der Waals surface area contributed by atoms with Crippen molar-refractivity contribution in [1.29, 1.82) is 0 Å². The summed E-state index contributed by atoms with van der Waals surface area (Å²) in [5, 5.41) is 11.0. The molecule has 1 fully saturated rings. The van der Waals surface area contributed by atoms with Crippen LogP contribution in [0.25, 0.3) is 11.0 Å². The van der Waals surface area contributed by atoms with Crippen molar-refractivity contribution in [2.75, 3.05) is 18.4 Å². The highest BCUT2D eigenvalue weighted by molar-refractivity contribution is 6.02. The van der Waals surface area contributed by atoms with Gasteiger partial charge in [0.05, 0.1) is 25.4 Å². The highest BCUT2D eigenvalue weighted by Gasteiger charge is 2.27. The topological polar surface area (TPSA) is 103 Å². The number of nitrogens with one attached hydrogen (secondary N) is 4. The summed E-state index contributed by atoms with van der Waals surface area (Å²) in [4.78, 5) is 25.8. The maximum absolute atomic E-state index is 13.4. The highest BCUT2D eigenvalue weighted by atomic mass is 16.5. The van der Waals surface area contributed by atoms with Gasteiger partial charge in [-0.2, -0.15) is 0 Å². The van der Waals surface area contributed by atoms with Crippen molar-refractivity contribution in [2.45, 2.75) is 52.4 Å². The van der Waals surface area contributed by atoms with Gasteiger partial charge >= 0.3 is 0 Å². The quantitative estimate of drug-likeness (QED) is 0.140. The van der Waals surface area contributed by atoms with E-state index < -0.39 is 0 Å². The predicted molar refractivity (Wildman–Crippen MR) is 164 cm³/mol. The molecule has 8 nitrogen and oxygen atoms in total. The number of ether oxygens (including phenoxy) is 1. The molecule has 0 unspecified atom stereocenters. The van der Waals surface area contributed by atoms with Crippen LogP contribution in [0.15, 0.2) is 84.1 Å². The maximum Gasteiger partial charge on any atom is 0.227 e. The number of aromatic amines is 1. The number of anilines is 1. The number of benzene rings is 2. The van der Waals surface area contributed by atoms with E-state index in [-0.39, 0.29) is 11.8 Å². The van der Waals surface area contributed by atoms with Crippen molar-refractivity contribution in [3.05, 3.63) is 95.8 Å². The van der Waals surface area contributed by atoms with Crippen LogP contribution in [0, 0.1) is 11.8 Å². The third-order valence-corrected chi connectivity index (χ3v) is 7.66. The lowest BCUT2D eigenvalue weighted by Crippen LogP contribution is -2.40. The minimum atomic E-state index is -0.00789. The monoisotopic (exact) mass is 552 g/mol. The largest absolute Gasteiger partial charge is 0.372 e. The Morgan fingerprint density at radius 3 is 2.41 bits per heavy atom. The Hall–Kier alpha value is -4.17. The first-order chi connectivity index (χ1) is 20.2. The van der Waals surface area contributed by atoms with Crippen molar-refractivity contribution in [3.8, 4) is 0 Å². The van der Waals surface area contributed by atoms with E-state index in [1.807, 2.05) is 60.8 Å². The number of pyridine rings is 1.